The predicted octanol–water partition coefficient (Wildman–Crippen LogP) is 1.84. The maximum absolute atomic E-state index is 10.3. The van der Waals surface area contributed by atoms with Gasteiger partial charge in [-0.1, -0.05) is 0 Å². The molecule has 0 radical (unpaired) electrons. The fourth-order valence-corrected chi connectivity index (χ4v) is 1.56. The normalized spacial score (nSPS) is 9.94. The SMILES string of the molecule is CC(C)NC(=S)Nc1ccc(OCC(=O)O)cc1. The van der Waals surface area contributed by atoms with Gasteiger partial charge >= 0.3 is 5.97 Å². The monoisotopic (exact) mass is 268 g/mol. The van der Waals surface area contributed by atoms with Crippen LogP contribution in [-0.4, -0.2) is 28.8 Å². The fraction of sp³-hybridized carbons (Fsp3) is 0.333. The fourth-order valence-electron chi connectivity index (χ4n) is 1.21. The van der Waals surface area contributed by atoms with Crippen molar-refractivity contribution in [1.82, 2.24) is 5.32 Å². The van der Waals surface area contributed by atoms with Crippen molar-refractivity contribution in [3.63, 3.8) is 0 Å². The lowest BCUT2D eigenvalue weighted by Crippen LogP contribution is -2.33. The lowest BCUT2D eigenvalue weighted by atomic mass is 10.3. The van der Waals surface area contributed by atoms with E-state index in [2.05, 4.69) is 10.6 Å². The summed E-state index contributed by atoms with van der Waals surface area (Å²) in [6, 6.07) is 7.17. The van der Waals surface area contributed by atoms with Crippen LogP contribution in [0.15, 0.2) is 24.3 Å². The van der Waals surface area contributed by atoms with E-state index in [4.69, 9.17) is 22.1 Å². The van der Waals surface area contributed by atoms with Crippen molar-refractivity contribution in [2.24, 2.45) is 0 Å². The van der Waals surface area contributed by atoms with Gasteiger partial charge in [0.25, 0.3) is 0 Å². The number of hydrogen-bond donors (Lipinski definition) is 3. The van der Waals surface area contributed by atoms with Crippen molar-refractivity contribution in [3.05, 3.63) is 24.3 Å². The summed E-state index contributed by atoms with van der Waals surface area (Å²) in [4.78, 5) is 10.3. The summed E-state index contributed by atoms with van der Waals surface area (Å²) in [5, 5.41) is 15.1. The third kappa shape index (κ3) is 5.49. The lowest BCUT2D eigenvalue weighted by Gasteiger charge is -2.13. The maximum atomic E-state index is 10.3. The minimum Gasteiger partial charge on any atom is -0.482 e. The number of anilines is 1. The van der Waals surface area contributed by atoms with Gasteiger partial charge < -0.3 is 20.5 Å². The molecule has 0 saturated heterocycles. The smallest absolute Gasteiger partial charge is 0.341 e. The molecule has 0 unspecified atom stereocenters. The molecule has 0 atom stereocenters. The van der Waals surface area contributed by atoms with Crippen molar-refractivity contribution in [2.45, 2.75) is 19.9 Å². The van der Waals surface area contributed by atoms with Crippen molar-refractivity contribution < 1.29 is 14.6 Å². The van der Waals surface area contributed by atoms with Crippen LogP contribution in [0.2, 0.25) is 0 Å². The molecule has 0 amide bonds. The summed E-state index contributed by atoms with van der Waals surface area (Å²) >= 11 is 5.10. The first-order chi connectivity index (χ1) is 8.47. The van der Waals surface area contributed by atoms with Crippen LogP contribution in [0.4, 0.5) is 5.69 Å². The Bertz CT molecular complexity index is 418. The summed E-state index contributed by atoms with van der Waals surface area (Å²) in [6.07, 6.45) is 0. The third-order valence-electron chi connectivity index (χ3n) is 1.89. The van der Waals surface area contributed by atoms with Gasteiger partial charge in [-0.2, -0.15) is 0 Å². The lowest BCUT2D eigenvalue weighted by molar-refractivity contribution is -0.139. The Morgan fingerprint density at radius 2 is 2.00 bits per heavy atom. The molecule has 0 spiro atoms. The first kappa shape index (κ1) is 14.2. The zero-order valence-corrected chi connectivity index (χ0v) is 11.1. The minimum atomic E-state index is -1.00. The molecule has 98 valence electrons. The number of ether oxygens (including phenoxy) is 1. The van der Waals surface area contributed by atoms with Crippen LogP contribution in [0, 0.1) is 0 Å². The van der Waals surface area contributed by atoms with Crippen molar-refractivity contribution in [2.75, 3.05) is 11.9 Å². The number of nitrogens with one attached hydrogen (secondary N) is 2. The van der Waals surface area contributed by atoms with Crippen molar-refractivity contribution >= 4 is 29.0 Å². The van der Waals surface area contributed by atoms with Gasteiger partial charge in [0.1, 0.15) is 5.75 Å². The van der Waals surface area contributed by atoms with Gasteiger partial charge in [-0.05, 0) is 50.3 Å². The molecule has 1 rings (SSSR count). The molecular formula is C12H16N2O3S. The van der Waals surface area contributed by atoms with E-state index >= 15 is 0 Å². The topological polar surface area (TPSA) is 70.6 Å². The van der Waals surface area contributed by atoms with Crippen molar-refractivity contribution in [3.8, 4) is 5.75 Å². The predicted molar refractivity (Wildman–Crippen MR) is 74.1 cm³/mol. The van der Waals surface area contributed by atoms with Crippen LogP contribution >= 0.6 is 12.2 Å². The second kappa shape index (κ2) is 6.80. The highest BCUT2D eigenvalue weighted by Crippen LogP contribution is 2.15. The van der Waals surface area contributed by atoms with Crippen LogP contribution in [0.1, 0.15) is 13.8 Å². The van der Waals surface area contributed by atoms with Gasteiger partial charge in [0.15, 0.2) is 11.7 Å². The van der Waals surface area contributed by atoms with E-state index in [1.54, 1.807) is 24.3 Å². The summed E-state index contributed by atoms with van der Waals surface area (Å²) in [6.45, 7) is 3.65. The Morgan fingerprint density at radius 3 is 2.50 bits per heavy atom. The molecular weight excluding hydrogens is 252 g/mol. The number of thiocarbonyl (C=S) groups is 1. The maximum Gasteiger partial charge on any atom is 0.341 e. The number of carboxylic acids is 1. The second-order valence-electron chi connectivity index (χ2n) is 3.96. The van der Waals surface area contributed by atoms with E-state index in [1.807, 2.05) is 13.8 Å². The number of carboxylic acid groups (broad SMARTS) is 1. The summed E-state index contributed by atoms with van der Waals surface area (Å²) in [5.74, 6) is -0.495. The van der Waals surface area contributed by atoms with E-state index in [-0.39, 0.29) is 12.6 Å². The molecule has 0 aromatic heterocycles. The van der Waals surface area contributed by atoms with Crippen LogP contribution < -0.4 is 15.4 Å². The van der Waals surface area contributed by atoms with Crippen LogP contribution in [0.3, 0.4) is 0 Å². The second-order valence-corrected chi connectivity index (χ2v) is 4.37. The zero-order chi connectivity index (χ0) is 13.5. The Kier molecular flexibility index (Phi) is 5.38. The first-order valence-electron chi connectivity index (χ1n) is 5.49. The molecule has 1 aromatic rings. The average molecular weight is 268 g/mol. The Hall–Kier alpha value is -1.82. The van der Waals surface area contributed by atoms with Gasteiger partial charge in [-0.15, -0.1) is 0 Å². The summed E-state index contributed by atoms with van der Waals surface area (Å²) in [7, 11) is 0. The van der Waals surface area contributed by atoms with Gasteiger partial charge in [0.05, 0.1) is 0 Å². The minimum absolute atomic E-state index is 0.267. The molecule has 3 N–H and O–H groups in total. The summed E-state index contributed by atoms with van der Waals surface area (Å²) < 4.78 is 5.02. The highest BCUT2D eigenvalue weighted by atomic mass is 32.1. The quantitative estimate of drug-likeness (QED) is 0.708. The number of rotatable bonds is 5. The van der Waals surface area contributed by atoms with Gasteiger partial charge in [0, 0.05) is 11.7 Å². The van der Waals surface area contributed by atoms with Gasteiger partial charge in [-0.3, -0.25) is 0 Å². The molecule has 5 nitrogen and oxygen atoms in total. The Labute approximate surface area is 111 Å². The standard InChI is InChI=1S/C12H16N2O3S/c1-8(2)13-12(18)14-9-3-5-10(6-4-9)17-7-11(15)16/h3-6,8H,7H2,1-2H3,(H,15,16)(H2,13,14,18). The highest BCUT2D eigenvalue weighted by Gasteiger charge is 2.01. The van der Waals surface area contributed by atoms with E-state index in [9.17, 15) is 4.79 Å². The van der Waals surface area contributed by atoms with E-state index in [0.717, 1.165) is 5.69 Å². The van der Waals surface area contributed by atoms with Gasteiger partial charge in [-0.25, -0.2) is 4.79 Å². The Balaban J connectivity index is 2.49. The van der Waals surface area contributed by atoms with Crippen LogP contribution in [0.5, 0.6) is 5.75 Å². The molecule has 6 heteroatoms. The molecule has 0 fully saturated rings. The molecule has 0 heterocycles. The molecule has 0 aliphatic carbocycles. The number of aliphatic carboxylic acids is 1. The highest BCUT2D eigenvalue weighted by molar-refractivity contribution is 7.80. The number of hydrogen-bond acceptors (Lipinski definition) is 3. The zero-order valence-electron chi connectivity index (χ0n) is 10.3. The van der Waals surface area contributed by atoms with E-state index in [0.29, 0.717) is 10.9 Å². The number of benzene rings is 1. The molecule has 1 aromatic carbocycles. The summed E-state index contributed by atoms with van der Waals surface area (Å²) in [5.41, 5.74) is 0.816. The van der Waals surface area contributed by atoms with Crippen LogP contribution in [-0.2, 0) is 4.79 Å². The largest absolute Gasteiger partial charge is 0.482 e. The van der Waals surface area contributed by atoms with E-state index < -0.39 is 5.97 Å². The molecule has 0 saturated carbocycles. The number of carbonyl (C=O) groups is 1. The third-order valence-corrected chi connectivity index (χ3v) is 2.11. The molecule has 0 aliphatic rings. The van der Waals surface area contributed by atoms with Crippen LogP contribution in [0.25, 0.3) is 0 Å². The van der Waals surface area contributed by atoms with E-state index in [1.165, 1.54) is 0 Å². The average Bonchev–Trinajstić information content (AvgIpc) is 2.26. The Morgan fingerprint density at radius 1 is 1.39 bits per heavy atom. The molecule has 18 heavy (non-hydrogen) atoms. The first-order valence-corrected chi connectivity index (χ1v) is 5.90. The van der Waals surface area contributed by atoms with Gasteiger partial charge in [0.2, 0.25) is 0 Å². The molecule has 0 aliphatic heterocycles. The van der Waals surface area contributed by atoms with Crippen molar-refractivity contribution in [1.29, 1.82) is 0 Å². The molecule has 0 bridgehead atoms.